The van der Waals surface area contributed by atoms with Crippen LogP contribution in [0.3, 0.4) is 0 Å². The summed E-state index contributed by atoms with van der Waals surface area (Å²) < 4.78 is 10.6. The maximum Gasteiger partial charge on any atom is 0.218 e. The third-order valence-corrected chi connectivity index (χ3v) is 1.59. The molecule has 2 saturated heterocycles. The lowest BCUT2D eigenvalue weighted by molar-refractivity contribution is -0.223. The number of ether oxygens (including phenoxy) is 2. The summed E-state index contributed by atoms with van der Waals surface area (Å²) in [5.41, 5.74) is 0. The minimum absolute atomic E-state index is 0.00116. The molecular weight excluding hydrogens is 118 g/mol. The molecule has 0 unspecified atom stereocenters. The van der Waals surface area contributed by atoms with Gasteiger partial charge in [0.25, 0.3) is 0 Å². The molecule has 0 saturated carbocycles. The summed E-state index contributed by atoms with van der Waals surface area (Å²) >= 11 is 0. The van der Waals surface area contributed by atoms with Crippen molar-refractivity contribution >= 4 is 0 Å². The summed E-state index contributed by atoms with van der Waals surface area (Å²) in [5, 5.41) is 0. The summed E-state index contributed by atoms with van der Waals surface area (Å²) in [5.74, 6) is 0. The molecular formula is C6H11NO2. The quantitative estimate of drug-likeness (QED) is 0.466. The van der Waals surface area contributed by atoms with E-state index in [0.717, 1.165) is 32.7 Å². The van der Waals surface area contributed by atoms with Gasteiger partial charge in [0.15, 0.2) is 0 Å². The van der Waals surface area contributed by atoms with Gasteiger partial charge in [0.2, 0.25) is 6.41 Å². The van der Waals surface area contributed by atoms with E-state index in [2.05, 4.69) is 4.90 Å². The maximum absolute atomic E-state index is 5.31. The van der Waals surface area contributed by atoms with Crippen LogP contribution in [0.5, 0.6) is 0 Å². The molecule has 3 heteroatoms. The third kappa shape index (κ3) is 1.23. The van der Waals surface area contributed by atoms with Gasteiger partial charge in [-0.15, -0.1) is 0 Å². The van der Waals surface area contributed by atoms with Gasteiger partial charge in [0, 0.05) is 13.1 Å². The zero-order chi connectivity index (χ0) is 6.10. The predicted octanol–water partition coefficient (Wildman–Crippen LogP) is 0.0225. The first kappa shape index (κ1) is 5.65. The Bertz CT molecular complexity index is 97.2. The van der Waals surface area contributed by atoms with Gasteiger partial charge in [-0.3, -0.25) is 4.90 Å². The highest BCUT2D eigenvalue weighted by molar-refractivity contribution is 4.72. The monoisotopic (exact) mass is 129 g/mol. The number of hydrogen-bond acceptors (Lipinski definition) is 3. The smallest absolute Gasteiger partial charge is 0.218 e. The van der Waals surface area contributed by atoms with Crippen molar-refractivity contribution in [3.05, 3.63) is 0 Å². The lowest BCUT2D eigenvalue weighted by atomic mass is 10.5. The molecule has 9 heavy (non-hydrogen) atoms. The molecule has 0 atom stereocenters. The second-order valence-electron chi connectivity index (χ2n) is 2.44. The largest absolute Gasteiger partial charge is 0.340 e. The van der Waals surface area contributed by atoms with Crippen molar-refractivity contribution in [1.82, 2.24) is 4.90 Å². The first-order valence-electron chi connectivity index (χ1n) is 3.44. The highest BCUT2D eigenvalue weighted by Crippen LogP contribution is 2.16. The molecule has 0 aromatic carbocycles. The first-order valence-corrected chi connectivity index (χ1v) is 3.44. The molecule has 0 amide bonds. The fourth-order valence-corrected chi connectivity index (χ4v) is 0.955. The normalized spacial score (nSPS) is 30.7. The Morgan fingerprint density at radius 3 is 2.33 bits per heavy atom. The molecule has 2 fully saturated rings. The van der Waals surface area contributed by atoms with Crippen molar-refractivity contribution in [3.63, 3.8) is 0 Å². The third-order valence-electron chi connectivity index (χ3n) is 1.59. The van der Waals surface area contributed by atoms with Crippen LogP contribution in [-0.4, -0.2) is 37.6 Å². The van der Waals surface area contributed by atoms with Gasteiger partial charge < -0.3 is 9.47 Å². The zero-order valence-corrected chi connectivity index (χ0v) is 5.38. The summed E-state index contributed by atoms with van der Waals surface area (Å²) in [6, 6.07) is 0. The summed E-state index contributed by atoms with van der Waals surface area (Å²) in [7, 11) is 0. The highest BCUT2D eigenvalue weighted by atomic mass is 16.7. The number of rotatable bonds is 1. The Morgan fingerprint density at radius 1 is 1.11 bits per heavy atom. The van der Waals surface area contributed by atoms with Crippen molar-refractivity contribution in [2.24, 2.45) is 0 Å². The van der Waals surface area contributed by atoms with E-state index in [1.807, 2.05) is 0 Å². The standard InChI is InChI=1S/C6H11NO2/c1-4-8-6(9-5-1)7-2-3-7/h6H,1-5H2. The van der Waals surface area contributed by atoms with Crippen LogP contribution < -0.4 is 0 Å². The Balaban J connectivity index is 1.80. The van der Waals surface area contributed by atoms with E-state index in [4.69, 9.17) is 9.47 Å². The molecule has 2 rings (SSSR count). The second-order valence-corrected chi connectivity index (χ2v) is 2.44. The van der Waals surface area contributed by atoms with Gasteiger partial charge in [-0.2, -0.15) is 0 Å². The minimum Gasteiger partial charge on any atom is -0.340 e. The highest BCUT2D eigenvalue weighted by Gasteiger charge is 2.30. The van der Waals surface area contributed by atoms with Crippen LogP contribution in [0.4, 0.5) is 0 Å². The topological polar surface area (TPSA) is 21.5 Å². The van der Waals surface area contributed by atoms with E-state index >= 15 is 0 Å². The van der Waals surface area contributed by atoms with E-state index in [1.54, 1.807) is 0 Å². The average Bonchev–Trinajstić information content (AvgIpc) is 2.71. The van der Waals surface area contributed by atoms with Gasteiger partial charge in [-0.05, 0) is 6.42 Å². The van der Waals surface area contributed by atoms with Crippen LogP contribution in [0, 0.1) is 0 Å². The van der Waals surface area contributed by atoms with E-state index < -0.39 is 0 Å². The molecule has 0 aromatic heterocycles. The van der Waals surface area contributed by atoms with Crippen molar-refractivity contribution in [2.45, 2.75) is 12.8 Å². The molecule has 0 aromatic rings. The van der Waals surface area contributed by atoms with E-state index in [0.29, 0.717) is 0 Å². The van der Waals surface area contributed by atoms with E-state index in [9.17, 15) is 0 Å². The molecule has 0 aliphatic carbocycles. The van der Waals surface area contributed by atoms with E-state index in [1.165, 1.54) is 0 Å². The molecule has 0 N–H and O–H groups in total. The molecule has 0 spiro atoms. The Labute approximate surface area is 54.5 Å². The summed E-state index contributed by atoms with van der Waals surface area (Å²) in [6.07, 6.45) is 1.04. The van der Waals surface area contributed by atoms with Gasteiger partial charge in [-0.1, -0.05) is 0 Å². The SMILES string of the molecule is C1COC(N2CC2)OC1. The van der Waals surface area contributed by atoms with Gasteiger partial charge in [-0.25, -0.2) is 0 Å². The van der Waals surface area contributed by atoms with Crippen LogP contribution in [0.15, 0.2) is 0 Å². The fraction of sp³-hybridized carbons (Fsp3) is 1.00. The lowest BCUT2D eigenvalue weighted by Crippen LogP contribution is -2.31. The fourth-order valence-electron chi connectivity index (χ4n) is 0.955. The first-order chi connectivity index (χ1) is 4.47. The summed E-state index contributed by atoms with van der Waals surface area (Å²) in [6.45, 7) is 4.01. The van der Waals surface area contributed by atoms with E-state index in [-0.39, 0.29) is 6.41 Å². The second kappa shape index (κ2) is 2.25. The Kier molecular flexibility index (Phi) is 1.41. The van der Waals surface area contributed by atoms with Crippen LogP contribution in [0.25, 0.3) is 0 Å². The van der Waals surface area contributed by atoms with Crippen molar-refractivity contribution in [2.75, 3.05) is 26.3 Å². The lowest BCUT2D eigenvalue weighted by Gasteiger charge is -2.23. The molecule has 0 radical (unpaired) electrons. The van der Waals surface area contributed by atoms with Crippen LogP contribution >= 0.6 is 0 Å². The van der Waals surface area contributed by atoms with Crippen LogP contribution in [0.1, 0.15) is 6.42 Å². The molecule has 2 aliphatic heterocycles. The number of hydrogen-bond donors (Lipinski definition) is 0. The van der Waals surface area contributed by atoms with Crippen LogP contribution in [0.2, 0.25) is 0 Å². The predicted molar refractivity (Wildman–Crippen MR) is 31.9 cm³/mol. The average molecular weight is 129 g/mol. The Hall–Kier alpha value is -0.120. The molecule has 2 heterocycles. The van der Waals surface area contributed by atoms with Gasteiger partial charge >= 0.3 is 0 Å². The molecule has 0 bridgehead atoms. The zero-order valence-electron chi connectivity index (χ0n) is 5.38. The number of nitrogens with zero attached hydrogens (tertiary/aromatic N) is 1. The molecule has 52 valence electrons. The molecule has 3 nitrogen and oxygen atoms in total. The maximum atomic E-state index is 5.31. The van der Waals surface area contributed by atoms with Gasteiger partial charge in [0.1, 0.15) is 0 Å². The van der Waals surface area contributed by atoms with Crippen molar-refractivity contribution in [3.8, 4) is 0 Å². The van der Waals surface area contributed by atoms with Crippen molar-refractivity contribution in [1.29, 1.82) is 0 Å². The van der Waals surface area contributed by atoms with Gasteiger partial charge in [0.05, 0.1) is 13.2 Å². The summed E-state index contributed by atoms with van der Waals surface area (Å²) in [4.78, 5) is 2.17. The Morgan fingerprint density at radius 2 is 1.78 bits per heavy atom. The minimum atomic E-state index is -0.00116. The molecule has 2 aliphatic rings. The van der Waals surface area contributed by atoms with Crippen LogP contribution in [-0.2, 0) is 9.47 Å². The van der Waals surface area contributed by atoms with Crippen molar-refractivity contribution < 1.29 is 9.47 Å².